The summed E-state index contributed by atoms with van der Waals surface area (Å²) >= 11 is 11.9. The molecule has 1 amide bonds. The molecular formula is C24H30Cl2N2O4. The molecule has 1 unspecified atom stereocenters. The first-order valence-corrected chi connectivity index (χ1v) is 11.1. The number of benzene rings is 2. The van der Waals surface area contributed by atoms with Gasteiger partial charge in [-0.15, -0.1) is 0 Å². The summed E-state index contributed by atoms with van der Waals surface area (Å²) in [5, 5.41) is 7.39. The van der Waals surface area contributed by atoms with Crippen LogP contribution in [0.1, 0.15) is 31.9 Å². The zero-order valence-corrected chi connectivity index (χ0v) is 20.3. The monoisotopic (exact) mass is 480 g/mol. The Kier molecular flexibility index (Phi) is 9.82. The molecule has 0 saturated heterocycles. The topological polar surface area (TPSA) is 76.7 Å². The Morgan fingerprint density at radius 1 is 0.906 bits per heavy atom. The standard InChI is InChI=1S/C24H30Cl2N2O4/c1-24(2,3)32-23(30)28-20(13-16-5-9-18(25)10-6-16)15-27-21(22(29)31-4)14-17-7-11-19(26)12-8-17/h5-12,20-21,27H,13-15H2,1-4H3,(H,28,30)/t20?,21-/m0/s1. The number of alkyl carbamates (subject to hydrolysis) is 1. The molecule has 0 aliphatic rings. The van der Waals surface area contributed by atoms with Crippen molar-refractivity contribution in [2.24, 2.45) is 0 Å². The SMILES string of the molecule is COC(=O)[C@H](Cc1ccc(Cl)cc1)NCC(Cc1ccc(Cl)cc1)NC(=O)OC(C)(C)C. The number of hydrogen-bond acceptors (Lipinski definition) is 5. The molecule has 0 heterocycles. The molecule has 8 heteroatoms. The maximum Gasteiger partial charge on any atom is 0.407 e. The minimum atomic E-state index is -0.620. The zero-order chi connectivity index (χ0) is 23.7. The molecule has 2 aromatic carbocycles. The fourth-order valence-electron chi connectivity index (χ4n) is 3.08. The number of carbonyl (C=O) groups excluding carboxylic acids is 2. The highest BCUT2D eigenvalue weighted by atomic mass is 35.5. The molecular weight excluding hydrogens is 451 g/mol. The Morgan fingerprint density at radius 2 is 1.41 bits per heavy atom. The van der Waals surface area contributed by atoms with Crippen molar-refractivity contribution >= 4 is 35.3 Å². The van der Waals surface area contributed by atoms with Gasteiger partial charge in [-0.1, -0.05) is 47.5 Å². The Morgan fingerprint density at radius 3 is 1.88 bits per heavy atom. The summed E-state index contributed by atoms with van der Waals surface area (Å²) in [6, 6.07) is 13.8. The predicted octanol–water partition coefficient (Wildman–Crippen LogP) is 4.80. The summed E-state index contributed by atoms with van der Waals surface area (Å²) in [6.45, 7) is 5.74. The molecule has 0 saturated carbocycles. The van der Waals surface area contributed by atoms with Crippen LogP contribution in [0.25, 0.3) is 0 Å². The van der Waals surface area contributed by atoms with Crippen LogP contribution < -0.4 is 10.6 Å². The van der Waals surface area contributed by atoms with Crippen LogP contribution in [0.15, 0.2) is 48.5 Å². The van der Waals surface area contributed by atoms with Gasteiger partial charge in [0.1, 0.15) is 11.6 Å². The lowest BCUT2D eigenvalue weighted by Gasteiger charge is -2.25. The van der Waals surface area contributed by atoms with Crippen molar-refractivity contribution in [3.63, 3.8) is 0 Å². The van der Waals surface area contributed by atoms with Crippen LogP contribution in [0.4, 0.5) is 4.79 Å². The maximum atomic E-state index is 12.4. The van der Waals surface area contributed by atoms with E-state index < -0.39 is 17.7 Å². The van der Waals surface area contributed by atoms with E-state index in [2.05, 4.69) is 10.6 Å². The van der Waals surface area contributed by atoms with Crippen LogP contribution in [0.2, 0.25) is 10.0 Å². The summed E-state index contributed by atoms with van der Waals surface area (Å²) in [5.74, 6) is -0.387. The number of ether oxygens (including phenoxy) is 2. The molecule has 0 bridgehead atoms. The first-order valence-electron chi connectivity index (χ1n) is 10.4. The highest BCUT2D eigenvalue weighted by molar-refractivity contribution is 6.30. The third-order valence-corrected chi connectivity index (χ3v) is 5.07. The van der Waals surface area contributed by atoms with Crippen LogP contribution in [0.3, 0.4) is 0 Å². The van der Waals surface area contributed by atoms with E-state index >= 15 is 0 Å². The number of amides is 1. The van der Waals surface area contributed by atoms with Crippen LogP contribution in [0.5, 0.6) is 0 Å². The number of carbonyl (C=O) groups is 2. The lowest BCUT2D eigenvalue weighted by Crippen LogP contribution is -2.50. The fraction of sp³-hybridized carbons (Fsp3) is 0.417. The molecule has 174 valence electrons. The average molecular weight is 481 g/mol. The van der Waals surface area contributed by atoms with Crippen LogP contribution in [-0.4, -0.2) is 43.4 Å². The van der Waals surface area contributed by atoms with Crippen molar-refractivity contribution < 1.29 is 19.1 Å². The summed E-state index contributed by atoms with van der Waals surface area (Å²) in [7, 11) is 1.35. The second-order valence-electron chi connectivity index (χ2n) is 8.49. The lowest BCUT2D eigenvalue weighted by atomic mass is 10.0. The van der Waals surface area contributed by atoms with E-state index in [0.29, 0.717) is 29.4 Å². The second-order valence-corrected chi connectivity index (χ2v) is 9.36. The number of rotatable bonds is 9. The van der Waals surface area contributed by atoms with Gasteiger partial charge in [-0.05, 0) is 69.0 Å². The highest BCUT2D eigenvalue weighted by Gasteiger charge is 2.24. The van der Waals surface area contributed by atoms with Gasteiger partial charge in [0, 0.05) is 22.6 Å². The van der Waals surface area contributed by atoms with E-state index in [4.69, 9.17) is 32.7 Å². The van der Waals surface area contributed by atoms with Crippen LogP contribution in [-0.2, 0) is 27.1 Å². The van der Waals surface area contributed by atoms with Gasteiger partial charge in [-0.3, -0.25) is 4.79 Å². The Labute approximate surface area is 199 Å². The van der Waals surface area contributed by atoms with E-state index in [-0.39, 0.29) is 12.0 Å². The number of hydrogen-bond donors (Lipinski definition) is 2. The smallest absolute Gasteiger partial charge is 0.407 e. The number of methoxy groups -OCH3 is 1. The van der Waals surface area contributed by atoms with Crippen molar-refractivity contribution in [2.75, 3.05) is 13.7 Å². The van der Waals surface area contributed by atoms with E-state index in [1.54, 1.807) is 45.0 Å². The van der Waals surface area contributed by atoms with Crippen molar-refractivity contribution in [2.45, 2.75) is 51.3 Å². The normalized spacial score (nSPS) is 13.2. The third kappa shape index (κ3) is 9.47. The summed E-state index contributed by atoms with van der Waals surface area (Å²) in [4.78, 5) is 24.7. The summed E-state index contributed by atoms with van der Waals surface area (Å²) in [5.41, 5.74) is 1.31. The molecule has 0 spiro atoms. The Hall–Kier alpha value is -2.28. The van der Waals surface area contributed by atoms with Crippen molar-refractivity contribution in [1.82, 2.24) is 10.6 Å². The van der Waals surface area contributed by atoms with E-state index in [1.165, 1.54) is 7.11 Å². The molecule has 0 radical (unpaired) electrons. The molecule has 32 heavy (non-hydrogen) atoms. The molecule has 0 aromatic heterocycles. The minimum absolute atomic E-state index is 0.329. The molecule has 0 fully saturated rings. The van der Waals surface area contributed by atoms with Gasteiger partial charge in [-0.2, -0.15) is 0 Å². The van der Waals surface area contributed by atoms with Crippen molar-refractivity contribution in [3.05, 3.63) is 69.7 Å². The number of halogens is 2. The summed E-state index contributed by atoms with van der Waals surface area (Å²) in [6.07, 6.45) is 0.424. The Balaban J connectivity index is 2.11. The molecule has 0 aliphatic carbocycles. The lowest BCUT2D eigenvalue weighted by molar-refractivity contribution is -0.143. The molecule has 2 aromatic rings. The largest absolute Gasteiger partial charge is 0.468 e. The first kappa shape index (κ1) is 26.0. The van der Waals surface area contributed by atoms with Gasteiger partial charge < -0.3 is 20.1 Å². The van der Waals surface area contributed by atoms with Crippen molar-refractivity contribution in [3.8, 4) is 0 Å². The second kappa shape index (κ2) is 12.1. The van der Waals surface area contributed by atoms with Gasteiger partial charge in [0.25, 0.3) is 0 Å². The number of nitrogens with one attached hydrogen (secondary N) is 2. The van der Waals surface area contributed by atoms with Gasteiger partial charge in [0.05, 0.1) is 7.11 Å². The molecule has 2 atom stereocenters. The van der Waals surface area contributed by atoms with Gasteiger partial charge in [0.15, 0.2) is 0 Å². The quantitative estimate of drug-likeness (QED) is 0.503. The molecule has 0 aliphatic heterocycles. The first-order chi connectivity index (χ1) is 15.1. The maximum absolute atomic E-state index is 12.4. The van der Waals surface area contributed by atoms with E-state index in [9.17, 15) is 9.59 Å². The zero-order valence-electron chi connectivity index (χ0n) is 18.8. The van der Waals surface area contributed by atoms with Crippen molar-refractivity contribution in [1.29, 1.82) is 0 Å². The summed E-state index contributed by atoms with van der Waals surface area (Å²) < 4.78 is 10.4. The minimum Gasteiger partial charge on any atom is -0.468 e. The van der Waals surface area contributed by atoms with Gasteiger partial charge in [-0.25, -0.2) is 4.79 Å². The van der Waals surface area contributed by atoms with Crippen LogP contribution >= 0.6 is 23.2 Å². The molecule has 2 N–H and O–H groups in total. The van der Waals surface area contributed by atoms with Crippen LogP contribution in [0, 0.1) is 0 Å². The third-order valence-electron chi connectivity index (χ3n) is 4.57. The number of esters is 1. The fourth-order valence-corrected chi connectivity index (χ4v) is 3.33. The van der Waals surface area contributed by atoms with E-state index in [1.807, 2.05) is 24.3 Å². The van der Waals surface area contributed by atoms with Gasteiger partial charge in [0.2, 0.25) is 0 Å². The Bertz CT molecular complexity index is 880. The predicted molar refractivity (Wildman–Crippen MR) is 127 cm³/mol. The molecule has 2 rings (SSSR count). The molecule has 6 nitrogen and oxygen atoms in total. The van der Waals surface area contributed by atoms with Gasteiger partial charge >= 0.3 is 12.1 Å². The average Bonchev–Trinajstić information content (AvgIpc) is 2.72. The highest BCUT2D eigenvalue weighted by Crippen LogP contribution is 2.14. The van der Waals surface area contributed by atoms with E-state index in [0.717, 1.165) is 11.1 Å².